The van der Waals surface area contributed by atoms with Gasteiger partial charge in [-0.15, -0.1) is 5.10 Å². The number of nitrogens with zero attached hydrogens (tertiary/aromatic N) is 5. The molecule has 0 fully saturated rings. The van der Waals surface area contributed by atoms with Gasteiger partial charge in [-0.25, -0.2) is 4.98 Å². The van der Waals surface area contributed by atoms with Crippen molar-refractivity contribution in [3.8, 4) is 17.6 Å². The molecular formula is C30H31N7O4. The fourth-order valence-corrected chi connectivity index (χ4v) is 4.21. The van der Waals surface area contributed by atoms with Crippen LogP contribution in [-0.4, -0.2) is 38.5 Å². The van der Waals surface area contributed by atoms with Gasteiger partial charge in [0.2, 0.25) is 0 Å². The van der Waals surface area contributed by atoms with E-state index in [2.05, 4.69) is 32.0 Å². The number of aromatic nitrogens is 4. The van der Waals surface area contributed by atoms with Gasteiger partial charge in [-0.3, -0.25) is 14.3 Å². The minimum Gasteiger partial charge on any atom is -0.466 e. The Morgan fingerprint density at radius 3 is 2.49 bits per heavy atom. The first-order valence-electron chi connectivity index (χ1n) is 13.1. The first kappa shape index (κ1) is 28.8. The summed E-state index contributed by atoms with van der Waals surface area (Å²) in [7, 11) is 0. The Hall–Kier alpha value is -5.24. The number of benzene rings is 2. The molecule has 210 valence electrons. The Balaban J connectivity index is 1.53. The predicted octanol–water partition coefficient (Wildman–Crippen LogP) is 4.89. The van der Waals surface area contributed by atoms with Crippen molar-refractivity contribution in [1.82, 2.24) is 25.3 Å². The molecule has 0 saturated carbocycles. The lowest BCUT2D eigenvalue weighted by Crippen LogP contribution is -2.24. The molecule has 0 aliphatic rings. The number of carbonyl (C=O) groups is 2. The lowest BCUT2D eigenvalue weighted by atomic mass is 10.1. The molecule has 41 heavy (non-hydrogen) atoms. The van der Waals surface area contributed by atoms with E-state index in [1.165, 1.54) is 10.9 Å². The second kappa shape index (κ2) is 13.2. The standard InChI is InChI=1S/C30H31N7O4/c1-5-40-28(38)10-11-37-18-24(35-36-37)16-33-30(39)25-17-32-27(34-23-8-6-22(15-31)7-9-23)14-26(25)41-29-20(3)12-19(2)13-21(29)4/h6-9,12-14,17-18H,5,10-11,16H2,1-4H3,(H,32,34)(H,33,39). The monoisotopic (exact) mass is 553 g/mol. The van der Waals surface area contributed by atoms with Crippen LogP contribution in [0.15, 0.2) is 54.9 Å². The van der Waals surface area contributed by atoms with Gasteiger partial charge in [-0.05, 0) is 63.1 Å². The van der Waals surface area contributed by atoms with Gasteiger partial charge in [0.05, 0.1) is 43.9 Å². The molecule has 2 aromatic carbocycles. The zero-order chi connectivity index (χ0) is 29.4. The summed E-state index contributed by atoms with van der Waals surface area (Å²) in [6.45, 7) is 8.44. The van der Waals surface area contributed by atoms with E-state index in [1.54, 1.807) is 43.5 Å². The second-order valence-electron chi connectivity index (χ2n) is 9.42. The molecule has 4 aromatic rings. The zero-order valence-electron chi connectivity index (χ0n) is 23.4. The second-order valence-corrected chi connectivity index (χ2v) is 9.42. The summed E-state index contributed by atoms with van der Waals surface area (Å²) in [4.78, 5) is 29.3. The van der Waals surface area contributed by atoms with Gasteiger partial charge in [0.1, 0.15) is 28.6 Å². The molecule has 0 saturated heterocycles. The van der Waals surface area contributed by atoms with Crippen LogP contribution in [0.25, 0.3) is 0 Å². The molecule has 0 unspecified atom stereocenters. The van der Waals surface area contributed by atoms with Gasteiger partial charge in [-0.2, -0.15) is 5.26 Å². The first-order valence-corrected chi connectivity index (χ1v) is 13.1. The van der Waals surface area contributed by atoms with Crippen LogP contribution in [-0.2, 0) is 22.6 Å². The molecule has 2 heterocycles. The first-order chi connectivity index (χ1) is 19.7. The average Bonchev–Trinajstić information content (AvgIpc) is 3.41. The number of pyridine rings is 1. The molecular weight excluding hydrogens is 522 g/mol. The summed E-state index contributed by atoms with van der Waals surface area (Å²) in [5.41, 5.74) is 5.03. The maximum atomic E-state index is 13.3. The quantitative estimate of drug-likeness (QED) is 0.248. The number of anilines is 2. The third-order valence-electron chi connectivity index (χ3n) is 6.08. The summed E-state index contributed by atoms with van der Waals surface area (Å²) in [5.74, 6) is 0.731. The maximum absolute atomic E-state index is 13.3. The van der Waals surface area contributed by atoms with E-state index in [9.17, 15) is 9.59 Å². The highest BCUT2D eigenvalue weighted by atomic mass is 16.5. The fourth-order valence-electron chi connectivity index (χ4n) is 4.21. The molecule has 4 rings (SSSR count). The number of nitriles is 1. The summed E-state index contributed by atoms with van der Waals surface area (Å²) < 4.78 is 12.8. The van der Waals surface area contributed by atoms with Crippen molar-refractivity contribution in [2.75, 3.05) is 11.9 Å². The van der Waals surface area contributed by atoms with Gasteiger partial charge in [-0.1, -0.05) is 22.9 Å². The number of nitrogens with one attached hydrogen (secondary N) is 2. The number of esters is 1. The van der Waals surface area contributed by atoms with Crippen molar-refractivity contribution in [1.29, 1.82) is 5.26 Å². The average molecular weight is 554 g/mol. The van der Waals surface area contributed by atoms with Crippen molar-refractivity contribution in [3.05, 3.63) is 88.4 Å². The van der Waals surface area contributed by atoms with Crippen LogP contribution in [0.3, 0.4) is 0 Å². The number of hydrogen-bond donors (Lipinski definition) is 2. The molecule has 0 spiro atoms. The van der Waals surface area contributed by atoms with E-state index in [1.807, 2.05) is 32.9 Å². The van der Waals surface area contributed by atoms with E-state index in [4.69, 9.17) is 14.7 Å². The summed E-state index contributed by atoms with van der Waals surface area (Å²) in [6, 6.07) is 14.7. The maximum Gasteiger partial charge on any atom is 0.307 e. The van der Waals surface area contributed by atoms with Crippen molar-refractivity contribution in [2.45, 2.75) is 47.2 Å². The summed E-state index contributed by atoms with van der Waals surface area (Å²) in [6.07, 6.45) is 3.29. The third-order valence-corrected chi connectivity index (χ3v) is 6.08. The molecule has 0 bridgehead atoms. The molecule has 2 aromatic heterocycles. The molecule has 11 heteroatoms. The highest BCUT2D eigenvalue weighted by molar-refractivity contribution is 5.97. The largest absolute Gasteiger partial charge is 0.466 e. The van der Waals surface area contributed by atoms with E-state index in [0.717, 1.165) is 22.4 Å². The van der Waals surface area contributed by atoms with Crippen LogP contribution in [0.4, 0.5) is 11.5 Å². The topological polar surface area (TPSA) is 144 Å². The Bertz CT molecular complexity index is 1570. The van der Waals surface area contributed by atoms with Gasteiger partial charge >= 0.3 is 5.97 Å². The van der Waals surface area contributed by atoms with E-state index < -0.39 is 5.91 Å². The minimum atomic E-state index is -0.402. The van der Waals surface area contributed by atoms with Gasteiger partial charge < -0.3 is 20.1 Å². The highest BCUT2D eigenvalue weighted by Gasteiger charge is 2.18. The summed E-state index contributed by atoms with van der Waals surface area (Å²) in [5, 5.41) is 23.2. The SMILES string of the molecule is CCOC(=O)CCn1cc(CNC(=O)c2cnc(Nc3ccc(C#N)cc3)cc2Oc2c(C)cc(C)cc2C)nn1. The molecule has 11 nitrogen and oxygen atoms in total. The lowest BCUT2D eigenvalue weighted by molar-refractivity contribution is -0.143. The number of amides is 1. The van der Waals surface area contributed by atoms with E-state index in [-0.39, 0.29) is 24.5 Å². The van der Waals surface area contributed by atoms with Crippen molar-refractivity contribution >= 4 is 23.4 Å². The smallest absolute Gasteiger partial charge is 0.307 e. The number of hydrogen-bond acceptors (Lipinski definition) is 9. The fraction of sp³-hybridized carbons (Fsp3) is 0.267. The molecule has 0 aliphatic heterocycles. The number of carbonyl (C=O) groups excluding carboxylic acids is 2. The minimum absolute atomic E-state index is 0.117. The molecule has 1 amide bonds. The van der Waals surface area contributed by atoms with E-state index >= 15 is 0 Å². The van der Waals surface area contributed by atoms with Crippen molar-refractivity contribution in [3.63, 3.8) is 0 Å². The van der Waals surface area contributed by atoms with Crippen LogP contribution >= 0.6 is 0 Å². The van der Waals surface area contributed by atoms with Gasteiger partial charge in [0.25, 0.3) is 5.91 Å². The van der Waals surface area contributed by atoms with Crippen LogP contribution in [0.5, 0.6) is 11.5 Å². The molecule has 2 N–H and O–H groups in total. The normalized spacial score (nSPS) is 10.5. The Morgan fingerprint density at radius 2 is 1.80 bits per heavy atom. The number of aryl methyl sites for hydroxylation is 4. The van der Waals surface area contributed by atoms with Crippen LogP contribution in [0.1, 0.15) is 51.7 Å². The lowest BCUT2D eigenvalue weighted by Gasteiger charge is -2.16. The highest BCUT2D eigenvalue weighted by Crippen LogP contribution is 2.33. The Morgan fingerprint density at radius 1 is 1.07 bits per heavy atom. The van der Waals surface area contributed by atoms with Crippen LogP contribution in [0, 0.1) is 32.1 Å². The van der Waals surface area contributed by atoms with Crippen molar-refractivity contribution < 1.29 is 19.1 Å². The van der Waals surface area contributed by atoms with E-state index in [0.29, 0.717) is 41.7 Å². The van der Waals surface area contributed by atoms with Gasteiger partial charge in [0, 0.05) is 18.0 Å². The van der Waals surface area contributed by atoms with Crippen molar-refractivity contribution in [2.24, 2.45) is 0 Å². The molecule has 0 radical (unpaired) electrons. The molecule has 0 atom stereocenters. The Kier molecular flexibility index (Phi) is 9.27. The summed E-state index contributed by atoms with van der Waals surface area (Å²) >= 11 is 0. The molecule has 0 aliphatic carbocycles. The number of ether oxygens (including phenoxy) is 2. The number of rotatable bonds is 11. The van der Waals surface area contributed by atoms with Gasteiger partial charge in [0.15, 0.2) is 0 Å². The predicted molar refractivity (Wildman–Crippen MR) is 152 cm³/mol. The zero-order valence-corrected chi connectivity index (χ0v) is 23.4. The third kappa shape index (κ3) is 7.67. The van der Waals surface area contributed by atoms with Crippen LogP contribution in [0.2, 0.25) is 0 Å². The Labute approximate surface area is 238 Å². The van der Waals surface area contributed by atoms with Crippen LogP contribution < -0.4 is 15.4 Å².